The highest BCUT2D eigenvalue weighted by atomic mass is 16.5. The number of hydrogen-bond donors (Lipinski definition) is 3. The molecule has 0 radical (unpaired) electrons. The molecule has 0 bridgehead atoms. The van der Waals surface area contributed by atoms with Crippen LogP contribution in [0.3, 0.4) is 0 Å². The standard InChI is InChI=1S/C25H22N6O4/c1-13-9-21(35-31-13)29-25(33)28-16-5-7-19(23(26)32)20(11-16)24-27-12-15-4-3-14-10-17(34-2)6-8-18(14)22(15)30-24/h5-12H,3-4H2,1-2H3,(H2,26,32)(H2,28,29,33). The first-order valence-electron chi connectivity index (χ1n) is 10.9. The molecular formula is C25H22N6O4. The lowest BCUT2D eigenvalue weighted by Crippen LogP contribution is -2.20. The molecule has 4 aromatic rings. The number of nitrogens with zero attached hydrogens (tertiary/aromatic N) is 3. The van der Waals surface area contributed by atoms with E-state index in [1.54, 1.807) is 38.4 Å². The van der Waals surface area contributed by atoms with Crippen molar-refractivity contribution in [2.24, 2.45) is 5.73 Å². The van der Waals surface area contributed by atoms with Crippen LogP contribution in [0.15, 0.2) is 53.2 Å². The molecule has 4 N–H and O–H groups in total. The van der Waals surface area contributed by atoms with E-state index >= 15 is 0 Å². The molecule has 1 aliphatic carbocycles. The van der Waals surface area contributed by atoms with Crippen molar-refractivity contribution < 1.29 is 18.8 Å². The third-order valence-electron chi connectivity index (χ3n) is 5.74. The topological polar surface area (TPSA) is 145 Å². The van der Waals surface area contributed by atoms with Gasteiger partial charge in [-0.15, -0.1) is 0 Å². The monoisotopic (exact) mass is 470 g/mol. The van der Waals surface area contributed by atoms with Gasteiger partial charge in [-0.3, -0.25) is 10.1 Å². The Morgan fingerprint density at radius 3 is 2.60 bits per heavy atom. The van der Waals surface area contributed by atoms with Gasteiger partial charge in [-0.25, -0.2) is 14.8 Å². The summed E-state index contributed by atoms with van der Waals surface area (Å²) >= 11 is 0. The predicted molar refractivity (Wildman–Crippen MR) is 129 cm³/mol. The largest absolute Gasteiger partial charge is 0.497 e. The molecule has 176 valence electrons. The molecule has 0 unspecified atom stereocenters. The number of carbonyl (C=O) groups excluding carboxylic acids is 2. The third-order valence-corrected chi connectivity index (χ3v) is 5.74. The minimum absolute atomic E-state index is 0.210. The van der Waals surface area contributed by atoms with E-state index in [1.165, 1.54) is 6.07 Å². The summed E-state index contributed by atoms with van der Waals surface area (Å²) in [6, 6.07) is 11.7. The minimum Gasteiger partial charge on any atom is -0.497 e. The maximum absolute atomic E-state index is 12.4. The van der Waals surface area contributed by atoms with E-state index in [4.69, 9.17) is 20.0 Å². The molecule has 0 saturated carbocycles. The fourth-order valence-electron chi connectivity index (χ4n) is 4.08. The fourth-order valence-corrected chi connectivity index (χ4v) is 4.08. The highest BCUT2D eigenvalue weighted by Crippen LogP contribution is 2.35. The van der Waals surface area contributed by atoms with Crippen molar-refractivity contribution >= 4 is 23.5 Å². The molecule has 2 heterocycles. The van der Waals surface area contributed by atoms with Crippen LogP contribution in [0.25, 0.3) is 22.6 Å². The summed E-state index contributed by atoms with van der Waals surface area (Å²) in [7, 11) is 1.64. The summed E-state index contributed by atoms with van der Waals surface area (Å²) in [6.45, 7) is 1.74. The van der Waals surface area contributed by atoms with E-state index in [0.29, 0.717) is 22.8 Å². The Balaban J connectivity index is 1.50. The average molecular weight is 470 g/mol. The number of aromatic nitrogens is 3. The number of fused-ring (bicyclic) bond motifs is 3. The maximum atomic E-state index is 12.4. The van der Waals surface area contributed by atoms with Crippen molar-refractivity contribution in [1.82, 2.24) is 15.1 Å². The second-order valence-corrected chi connectivity index (χ2v) is 8.13. The van der Waals surface area contributed by atoms with Gasteiger partial charge in [0.15, 0.2) is 5.82 Å². The molecule has 2 aromatic carbocycles. The number of urea groups is 1. The lowest BCUT2D eigenvalue weighted by molar-refractivity contribution is 0.100. The van der Waals surface area contributed by atoms with Crippen LogP contribution in [0.1, 0.15) is 27.2 Å². The van der Waals surface area contributed by atoms with Crippen LogP contribution in [0, 0.1) is 6.92 Å². The predicted octanol–water partition coefficient (Wildman–Crippen LogP) is 3.96. The number of rotatable bonds is 5. The molecule has 35 heavy (non-hydrogen) atoms. The molecule has 2 aromatic heterocycles. The van der Waals surface area contributed by atoms with Crippen molar-refractivity contribution in [3.8, 4) is 28.4 Å². The van der Waals surface area contributed by atoms with Gasteiger partial charge in [0.25, 0.3) is 0 Å². The van der Waals surface area contributed by atoms with Crippen molar-refractivity contribution in [3.63, 3.8) is 0 Å². The van der Waals surface area contributed by atoms with E-state index in [2.05, 4.69) is 20.8 Å². The lowest BCUT2D eigenvalue weighted by Gasteiger charge is -2.20. The first-order valence-corrected chi connectivity index (χ1v) is 10.9. The van der Waals surface area contributed by atoms with Gasteiger partial charge in [0, 0.05) is 29.1 Å². The third kappa shape index (κ3) is 4.41. The van der Waals surface area contributed by atoms with Crippen LogP contribution in [-0.2, 0) is 12.8 Å². The highest BCUT2D eigenvalue weighted by molar-refractivity contribution is 6.02. The van der Waals surface area contributed by atoms with Crippen molar-refractivity contribution in [3.05, 3.63) is 71.0 Å². The summed E-state index contributed by atoms with van der Waals surface area (Å²) in [4.78, 5) is 33.9. The number of ether oxygens (including phenoxy) is 1. The van der Waals surface area contributed by atoms with Crippen LogP contribution in [0.2, 0.25) is 0 Å². The minimum atomic E-state index is -0.625. The number of nitrogens with one attached hydrogen (secondary N) is 2. The molecule has 10 heteroatoms. The zero-order valence-corrected chi connectivity index (χ0v) is 19.1. The number of amides is 3. The summed E-state index contributed by atoms with van der Waals surface area (Å²) in [5, 5.41) is 8.99. The molecular weight excluding hydrogens is 448 g/mol. The number of anilines is 2. The van der Waals surface area contributed by atoms with Gasteiger partial charge in [-0.1, -0.05) is 5.16 Å². The molecule has 0 atom stereocenters. The smallest absolute Gasteiger partial charge is 0.326 e. The number of hydrogen-bond acceptors (Lipinski definition) is 7. The van der Waals surface area contributed by atoms with E-state index in [0.717, 1.165) is 41.0 Å². The quantitative estimate of drug-likeness (QED) is 0.400. The summed E-state index contributed by atoms with van der Waals surface area (Å²) in [5.74, 6) is 0.702. The number of methoxy groups -OCH3 is 1. The van der Waals surface area contributed by atoms with E-state index in [9.17, 15) is 9.59 Å². The normalized spacial score (nSPS) is 11.8. The molecule has 0 fully saturated rings. The lowest BCUT2D eigenvalue weighted by atomic mass is 9.89. The Hall–Kier alpha value is -4.73. The molecule has 10 nitrogen and oxygen atoms in total. The molecule has 5 rings (SSSR count). The Labute approximate surface area is 200 Å². The number of benzene rings is 2. The van der Waals surface area contributed by atoms with Gasteiger partial charge >= 0.3 is 6.03 Å². The number of primary amides is 1. The Bertz CT molecular complexity index is 1460. The van der Waals surface area contributed by atoms with Gasteiger partial charge in [0.1, 0.15) is 5.75 Å². The van der Waals surface area contributed by atoms with Crippen LogP contribution in [0.5, 0.6) is 5.75 Å². The van der Waals surface area contributed by atoms with Crippen LogP contribution < -0.4 is 21.1 Å². The van der Waals surface area contributed by atoms with Crippen LogP contribution >= 0.6 is 0 Å². The van der Waals surface area contributed by atoms with Gasteiger partial charge in [-0.2, -0.15) is 0 Å². The summed E-state index contributed by atoms with van der Waals surface area (Å²) in [5.41, 5.74) is 11.3. The Morgan fingerprint density at radius 2 is 1.86 bits per heavy atom. The SMILES string of the molecule is COc1ccc2c(c1)CCc1cnc(-c3cc(NC(=O)Nc4cc(C)no4)ccc3C(N)=O)nc1-2. The zero-order chi connectivity index (χ0) is 24.5. The van der Waals surface area contributed by atoms with Crippen molar-refractivity contribution in [2.45, 2.75) is 19.8 Å². The van der Waals surface area contributed by atoms with Gasteiger partial charge in [0.2, 0.25) is 11.8 Å². The second kappa shape index (κ2) is 8.90. The molecule has 1 aliphatic rings. The first-order chi connectivity index (χ1) is 16.9. The second-order valence-electron chi connectivity index (χ2n) is 8.13. The summed E-state index contributed by atoms with van der Waals surface area (Å²) in [6.07, 6.45) is 3.42. The summed E-state index contributed by atoms with van der Waals surface area (Å²) < 4.78 is 10.4. The first kappa shape index (κ1) is 22.1. The number of aryl methyl sites for hydroxylation is 3. The molecule has 3 amide bonds. The maximum Gasteiger partial charge on any atom is 0.326 e. The van der Waals surface area contributed by atoms with Crippen LogP contribution in [-0.4, -0.2) is 34.2 Å². The van der Waals surface area contributed by atoms with E-state index in [-0.39, 0.29) is 11.4 Å². The zero-order valence-electron chi connectivity index (χ0n) is 19.1. The van der Waals surface area contributed by atoms with E-state index < -0.39 is 11.9 Å². The number of carbonyl (C=O) groups is 2. The molecule has 0 saturated heterocycles. The fraction of sp³-hybridized carbons (Fsp3) is 0.160. The molecule has 0 spiro atoms. The number of nitrogens with two attached hydrogens (primary N) is 1. The van der Waals surface area contributed by atoms with Crippen molar-refractivity contribution in [1.29, 1.82) is 0 Å². The molecule has 0 aliphatic heterocycles. The van der Waals surface area contributed by atoms with Gasteiger partial charge < -0.3 is 20.3 Å². The Kier molecular flexibility index (Phi) is 5.61. The van der Waals surface area contributed by atoms with Crippen molar-refractivity contribution in [2.75, 3.05) is 17.7 Å². The van der Waals surface area contributed by atoms with E-state index in [1.807, 2.05) is 18.2 Å². The van der Waals surface area contributed by atoms with Gasteiger partial charge in [-0.05, 0) is 67.3 Å². The highest BCUT2D eigenvalue weighted by Gasteiger charge is 2.21. The average Bonchev–Trinajstić information content (AvgIpc) is 3.27. The Morgan fingerprint density at radius 1 is 1.03 bits per heavy atom. The van der Waals surface area contributed by atoms with Crippen LogP contribution in [0.4, 0.5) is 16.4 Å². The van der Waals surface area contributed by atoms with Gasteiger partial charge in [0.05, 0.1) is 24.1 Å².